The third-order valence-corrected chi connectivity index (χ3v) is 4.64. The molecule has 2 N–H and O–H groups in total. The van der Waals surface area contributed by atoms with Gasteiger partial charge in [-0.1, -0.05) is 0 Å². The van der Waals surface area contributed by atoms with Crippen LogP contribution in [0.1, 0.15) is 19.8 Å². The fourth-order valence-corrected chi connectivity index (χ4v) is 3.24. The number of hydrogen-bond donors (Lipinski definition) is 2. The van der Waals surface area contributed by atoms with Crippen molar-refractivity contribution >= 4 is 23.5 Å². The highest BCUT2D eigenvalue weighted by Gasteiger charge is 2.40. The number of amides is 4. The Morgan fingerprint density at radius 1 is 1.31 bits per heavy atom. The molecule has 26 heavy (non-hydrogen) atoms. The summed E-state index contributed by atoms with van der Waals surface area (Å²) in [5.41, 5.74) is -0.307. The second-order valence-electron chi connectivity index (χ2n) is 6.45. The predicted molar refractivity (Wildman–Crippen MR) is 89.4 cm³/mol. The number of halogens is 2. The largest absolute Gasteiger partial charge is 0.337 e. The first-order valence-corrected chi connectivity index (χ1v) is 8.48. The lowest BCUT2D eigenvalue weighted by molar-refractivity contribution is -0.134. The molecule has 1 aromatic rings. The minimum atomic E-state index is -1.00. The average molecular weight is 366 g/mol. The predicted octanol–water partition coefficient (Wildman–Crippen LogP) is 0.990. The van der Waals surface area contributed by atoms with Gasteiger partial charge in [0.2, 0.25) is 5.91 Å². The molecular weight excluding hydrogens is 346 g/mol. The molecule has 1 aromatic carbocycles. The topological polar surface area (TPSA) is 81.8 Å². The van der Waals surface area contributed by atoms with Gasteiger partial charge >= 0.3 is 6.03 Å². The van der Waals surface area contributed by atoms with Gasteiger partial charge in [-0.2, -0.15) is 0 Å². The minimum Gasteiger partial charge on any atom is -0.337 e. The SMILES string of the molecule is C[C@H]1CNCCN1C(=O)CCC1NC(=O)N(c2ccc(F)cc2F)C1=O. The van der Waals surface area contributed by atoms with Crippen molar-refractivity contribution in [2.45, 2.75) is 31.8 Å². The molecule has 7 nitrogen and oxygen atoms in total. The first-order valence-electron chi connectivity index (χ1n) is 8.48. The van der Waals surface area contributed by atoms with E-state index in [1.807, 2.05) is 6.92 Å². The van der Waals surface area contributed by atoms with E-state index in [1.165, 1.54) is 0 Å². The highest BCUT2D eigenvalue weighted by atomic mass is 19.1. The van der Waals surface area contributed by atoms with E-state index in [2.05, 4.69) is 10.6 Å². The van der Waals surface area contributed by atoms with Gasteiger partial charge < -0.3 is 15.5 Å². The summed E-state index contributed by atoms with van der Waals surface area (Å²) in [6, 6.07) is 0.996. The van der Waals surface area contributed by atoms with Crippen LogP contribution in [0.25, 0.3) is 0 Å². The molecule has 2 heterocycles. The summed E-state index contributed by atoms with van der Waals surface area (Å²) in [4.78, 5) is 39.3. The number of rotatable bonds is 4. The van der Waals surface area contributed by atoms with E-state index in [0.717, 1.165) is 12.1 Å². The summed E-state index contributed by atoms with van der Waals surface area (Å²) in [5.74, 6) is -2.54. The molecule has 0 aromatic heterocycles. The van der Waals surface area contributed by atoms with E-state index < -0.39 is 29.6 Å². The molecule has 2 fully saturated rings. The molecule has 4 amide bonds. The molecule has 2 aliphatic rings. The number of carbonyl (C=O) groups is 3. The van der Waals surface area contributed by atoms with Crippen LogP contribution in [0, 0.1) is 11.6 Å². The maximum absolute atomic E-state index is 13.9. The molecule has 2 aliphatic heterocycles. The third kappa shape index (κ3) is 3.52. The highest BCUT2D eigenvalue weighted by Crippen LogP contribution is 2.25. The van der Waals surface area contributed by atoms with Gasteiger partial charge in [0.05, 0.1) is 5.69 Å². The van der Waals surface area contributed by atoms with Gasteiger partial charge in [-0.15, -0.1) is 0 Å². The van der Waals surface area contributed by atoms with Crippen molar-refractivity contribution in [3.05, 3.63) is 29.8 Å². The maximum atomic E-state index is 13.9. The Labute approximate surface area is 149 Å². The second kappa shape index (κ2) is 7.36. The number of nitrogens with zero attached hydrogens (tertiary/aromatic N) is 2. The number of anilines is 1. The van der Waals surface area contributed by atoms with E-state index >= 15 is 0 Å². The van der Waals surface area contributed by atoms with Gasteiger partial charge in [-0.25, -0.2) is 18.5 Å². The lowest BCUT2D eigenvalue weighted by Crippen LogP contribution is -2.52. The zero-order valence-corrected chi connectivity index (χ0v) is 14.3. The van der Waals surface area contributed by atoms with Crippen molar-refractivity contribution in [3.63, 3.8) is 0 Å². The molecule has 0 bridgehead atoms. The zero-order chi connectivity index (χ0) is 18.8. The van der Waals surface area contributed by atoms with Crippen LogP contribution >= 0.6 is 0 Å². The van der Waals surface area contributed by atoms with Crippen molar-refractivity contribution in [2.24, 2.45) is 0 Å². The van der Waals surface area contributed by atoms with E-state index in [-0.39, 0.29) is 30.5 Å². The maximum Gasteiger partial charge on any atom is 0.329 e. The number of imide groups is 1. The summed E-state index contributed by atoms with van der Waals surface area (Å²) >= 11 is 0. The van der Waals surface area contributed by atoms with Gasteiger partial charge in [0.15, 0.2) is 0 Å². The third-order valence-electron chi connectivity index (χ3n) is 4.64. The number of benzene rings is 1. The quantitative estimate of drug-likeness (QED) is 0.779. The molecule has 2 saturated heterocycles. The van der Waals surface area contributed by atoms with E-state index in [9.17, 15) is 23.2 Å². The van der Waals surface area contributed by atoms with Crippen LogP contribution in [0.4, 0.5) is 19.3 Å². The number of nitrogens with one attached hydrogen (secondary N) is 2. The van der Waals surface area contributed by atoms with Gasteiger partial charge in [-0.3, -0.25) is 9.59 Å². The van der Waals surface area contributed by atoms with Crippen molar-refractivity contribution in [1.82, 2.24) is 15.5 Å². The lowest BCUT2D eigenvalue weighted by atomic mass is 10.1. The summed E-state index contributed by atoms with van der Waals surface area (Å²) < 4.78 is 26.9. The summed E-state index contributed by atoms with van der Waals surface area (Å²) in [7, 11) is 0. The van der Waals surface area contributed by atoms with E-state index in [1.54, 1.807) is 4.90 Å². The standard InChI is InChI=1S/C17H20F2N4O3/c1-10-9-20-6-7-22(10)15(24)5-3-13-16(25)23(17(26)21-13)14-4-2-11(18)8-12(14)19/h2,4,8,10,13,20H,3,5-7,9H2,1H3,(H,21,26)/t10-,13?/m0/s1. The van der Waals surface area contributed by atoms with Crippen LogP contribution in [0.15, 0.2) is 18.2 Å². The molecule has 0 spiro atoms. The van der Waals surface area contributed by atoms with Gasteiger partial charge in [0.1, 0.15) is 17.7 Å². The fraction of sp³-hybridized carbons (Fsp3) is 0.471. The smallest absolute Gasteiger partial charge is 0.329 e. The normalized spacial score (nSPS) is 23.3. The molecule has 9 heteroatoms. The van der Waals surface area contributed by atoms with Gasteiger partial charge in [0, 0.05) is 38.2 Å². The first kappa shape index (κ1) is 18.2. The number of hydrogen-bond acceptors (Lipinski definition) is 4. The van der Waals surface area contributed by atoms with Crippen LogP contribution in [0.3, 0.4) is 0 Å². The minimum absolute atomic E-state index is 0.0648. The zero-order valence-electron chi connectivity index (χ0n) is 14.3. The molecule has 0 aliphatic carbocycles. The molecule has 1 unspecified atom stereocenters. The summed E-state index contributed by atoms with van der Waals surface area (Å²) in [6.45, 7) is 3.96. The first-order chi connectivity index (χ1) is 12.4. The average Bonchev–Trinajstić information content (AvgIpc) is 2.87. The van der Waals surface area contributed by atoms with E-state index in [0.29, 0.717) is 30.6 Å². The Bertz CT molecular complexity index is 743. The number of urea groups is 1. The Kier molecular flexibility index (Phi) is 5.17. The molecule has 3 rings (SSSR count). The van der Waals surface area contributed by atoms with Crippen LogP contribution in [-0.2, 0) is 9.59 Å². The Balaban J connectivity index is 1.64. The Hall–Kier alpha value is -2.55. The van der Waals surface area contributed by atoms with Crippen molar-refractivity contribution in [3.8, 4) is 0 Å². The number of piperazine rings is 1. The second-order valence-corrected chi connectivity index (χ2v) is 6.45. The van der Waals surface area contributed by atoms with Crippen molar-refractivity contribution < 1.29 is 23.2 Å². The number of carbonyl (C=O) groups excluding carboxylic acids is 3. The van der Waals surface area contributed by atoms with Crippen molar-refractivity contribution in [1.29, 1.82) is 0 Å². The van der Waals surface area contributed by atoms with Crippen LogP contribution in [0.5, 0.6) is 0 Å². The van der Waals surface area contributed by atoms with E-state index in [4.69, 9.17) is 0 Å². The van der Waals surface area contributed by atoms with Crippen LogP contribution in [0.2, 0.25) is 0 Å². The van der Waals surface area contributed by atoms with Crippen molar-refractivity contribution in [2.75, 3.05) is 24.5 Å². The fourth-order valence-electron chi connectivity index (χ4n) is 3.24. The Morgan fingerprint density at radius 3 is 2.77 bits per heavy atom. The summed E-state index contributed by atoms with van der Waals surface area (Å²) in [5, 5.41) is 5.65. The lowest BCUT2D eigenvalue weighted by Gasteiger charge is -2.34. The molecule has 0 radical (unpaired) electrons. The Morgan fingerprint density at radius 2 is 2.08 bits per heavy atom. The van der Waals surface area contributed by atoms with Crippen LogP contribution in [-0.4, -0.2) is 54.5 Å². The molecule has 0 saturated carbocycles. The molecule has 140 valence electrons. The highest BCUT2D eigenvalue weighted by molar-refractivity contribution is 6.21. The monoisotopic (exact) mass is 366 g/mol. The van der Waals surface area contributed by atoms with Gasteiger partial charge in [-0.05, 0) is 25.5 Å². The van der Waals surface area contributed by atoms with Gasteiger partial charge in [0.25, 0.3) is 5.91 Å². The summed E-state index contributed by atoms with van der Waals surface area (Å²) in [6.07, 6.45) is 0.222. The molecular formula is C17H20F2N4O3. The molecule has 2 atom stereocenters. The van der Waals surface area contributed by atoms with Crippen LogP contribution < -0.4 is 15.5 Å².